The molecule has 0 aliphatic rings. The third-order valence-corrected chi connectivity index (χ3v) is 4.87. The number of carbonyl (C=O) groups is 1. The van der Waals surface area contributed by atoms with E-state index in [0.717, 1.165) is 40.9 Å². The second-order valence-corrected chi connectivity index (χ2v) is 6.93. The molecule has 0 saturated heterocycles. The van der Waals surface area contributed by atoms with Crippen molar-refractivity contribution < 1.29 is 14.3 Å². The standard InChI is InChI=1S/C22H28N4O3/c1-4-5-6-7-10-23-22(27)18-11-17-14-25-26(21(17)24-13-18)15-16-8-9-19(28-2)12-20(16)29-3/h8-9,11-14H,4-7,10,15H2,1-3H3,(H,23,27). The first-order valence-corrected chi connectivity index (χ1v) is 9.97. The van der Waals surface area contributed by atoms with E-state index in [9.17, 15) is 4.79 Å². The lowest BCUT2D eigenvalue weighted by molar-refractivity contribution is 0.0952. The molecule has 1 aromatic carbocycles. The van der Waals surface area contributed by atoms with Crippen molar-refractivity contribution in [1.82, 2.24) is 20.1 Å². The minimum Gasteiger partial charge on any atom is -0.497 e. The van der Waals surface area contributed by atoms with Crippen molar-refractivity contribution >= 4 is 16.9 Å². The van der Waals surface area contributed by atoms with E-state index in [1.807, 2.05) is 24.3 Å². The molecule has 0 atom stereocenters. The summed E-state index contributed by atoms with van der Waals surface area (Å²) in [5.74, 6) is 1.37. The molecule has 7 heteroatoms. The molecule has 29 heavy (non-hydrogen) atoms. The van der Waals surface area contributed by atoms with E-state index >= 15 is 0 Å². The molecule has 0 aliphatic carbocycles. The number of hydrogen-bond donors (Lipinski definition) is 1. The monoisotopic (exact) mass is 396 g/mol. The molecule has 0 unspecified atom stereocenters. The topological polar surface area (TPSA) is 78.3 Å². The number of amides is 1. The summed E-state index contributed by atoms with van der Waals surface area (Å²) in [7, 11) is 3.25. The van der Waals surface area contributed by atoms with E-state index < -0.39 is 0 Å². The van der Waals surface area contributed by atoms with Gasteiger partial charge in [-0.15, -0.1) is 0 Å². The van der Waals surface area contributed by atoms with Crippen LogP contribution in [0.1, 0.15) is 48.5 Å². The van der Waals surface area contributed by atoms with Gasteiger partial charge in [0, 0.05) is 29.8 Å². The van der Waals surface area contributed by atoms with Crippen molar-refractivity contribution in [2.45, 2.75) is 39.2 Å². The van der Waals surface area contributed by atoms with Gasteiger partial charge < -0.3 is 14.8 Å². The predicted octanol–water partition coefficient (Wildman–Crippen LogP) is 3.81. The summed E-state index contributed by atoms with van der Waals surface area (Å²) in [4.78, 5) is 16.8. The van der Waals surface area contributed by atoms with Crippen molar-refractivity contribution in [3.05, 3.63) is 47.8 Å². The number of aromatic nitrogens is 3. The molecule has 2 heterocycles. The molecule has 3 aromatic rings. The predicted molar refractivity (Wildman–Crippen MR) is 113 cm³/mol. The molecule has 0 aliphatic heterocycles. The van der Waals surface area contributed by atoms with E-state index in [4.69, 9.17) is 9.47 Å². The Morgan fingerprint density at radius 1 is 1.10 bits per heavy atom. The van der Waals surface area contributed by atoms with Crippen LogP contribution in [0, 0.1) is 0 Å². The Bertz CT molecular complexity index is 968. The zero-order chi connectivity index (χ0) is 20.6. The van der Waals surface area contributed by atoms with Gasteiger partial charge in [0.05, 0.1) is 32.5 Å². The van der Waals surface area contributed by atoms with Gasteiger partial charge in [0.1, 0.15) is 11.5 Å². The lowest BCUT2D eigenvalue weighted by atomic mass is 10.2. The lowest BCUT2D eigenvalue weighted by Gasteiger charge is -2.11. The van der Waals surface area contributed by atoms with Crippen LogP contribution in [-0.4, -0.2) is 41.4 Å². The first kappa shape index (κ1) is 20.6. The number of carbonyl (C=O) groups excluding carboxylic acids is 1. The van der Waals surface area contributed by atoms with Crippen LogP contribution in [0.3, 0.4) is 0 Å². The van der Waals surface area contributed by atoms with Crippen LogP contribution in [0.2, 0.25) is 0 Å². The molecule has 3 rings (SSSR count). The number of fused-ring (bicyclic) bond motifs is 1. The number of rotatable bonds is 10. The van der Waals surface area contributed by atoms with Crippen LogP contribution >= 0.6 is 0 Å². The maximum Gasteiger partial charge on any atom is 0.252 e. The largest absolute Gasteiger partial charge is 0.497 e. The number of nitrogens with zero attached hydrogens (tertiary/aromatic N) is 3. The first-order chi connectivity index (χ1) is 14.2. The highest BCUT2D eigenvalue weighted by Gasteiger charge is 2.12. The fourth-order valence-electron chi connectivity index (χ4n) is 3.21. The van der Waals surface area contributed by atoms with Crippen LogP contribution in [0.25, 0.3) is 11.0 Å². The summed E-state index contributed by atoms with van der Waals surface area (Å²) in [5.41, 5.74) is 2.24. The molecule has 0 bridgehead atoms. The highest BCUT2D eigenvalue weighted by molar-refractivity contribution is 5.96. The Morgan fingerprint density at radius 2 is 1.97 bits per heavy atom. The molecular weight excluding hydrogens is 368 g/mol. The number of hydrogen-bond acceptors (Lipinski definition) is 5. The van der Waals surface area contributed by atoms with Crippen LogP contribution in [0.15, 0.2) is 36.7 Å². The van der Waals surface area contributed by atoms with E-state index in [-0.39, 0.29) is 5.91 Å². The molecule has 0 fully saturated rings. The second-order valence-electron chi connectivity index (χ2n) is 6.93. The lowest BCUT2D eigenvalue weighted by Crippen LogP contribution is -2.24. The highest BCUT2D eigenvalue weighted by Crippen LogP contribution is 2.26. The normalized spacial score (nSPS) is 10.9. The number of ether oxygens (including phenoxy) is 2. The molecule has 0 spiro atoms. The number of pyridine rings is 1. The van der Waals surface area contributed by atoms with Crippen molar-refractivity contribution in [2.24, 2.45) is 0 Å². The Balaban J connectivity index is 1.72. The van der Waals surface area contributed by atoms with Gasteiger partial charge in [-0.3, -0.25) is 4.79 Å². The summed E-state index contributed by atoms with van der Waals surface area (Å²) >= 11 is 0. The van der Waals surface area contributed by atoms with Crippen LogP contribution < -0.4 is 14.8 Å². The SMILES string of the molecule is CCCCCCNC(=O)c1cnc2c(cnn2Cc2ccc(OC)cc2OC)c1. The average molecular weight is 396 g/mol. The summed E-state index contributed by atoms with van der Waals surface area (Å²) in [6, 6.07) is 7.52. The van der Waals surface area contributed by atoms with Gasteiger partial charge in [0.15, 0.2) is 5.65 Å². The smallest absolute Gasteiger partial charge is 0.252 e. The van der Waals surface area contributed by atoms with E-state index in [1.54, 1.807) is 31.3 Å². The zero-order valence-corrected chi connectivity index (χ0v) is 17.3. The maximum absolute atomic E-state index is 12.4. The minimum absolute atomic E-state index is 0.0968. The summed E-state index contributed by atoms with van der Waals surface area (Å²) < 4.78 is 12.5. The minimum atomic E-state index is -0.0968. The van der Waals surface area contributed by atoms with Gasteiger partial charge in [-0.2, -0.15) is 5.10 Å². The Hall–Kier alpha value is -3.09. The molecule has 1 amide bonds. The van der Waals surface area contributed by atoms with Crippen molar-refractivity contribution in [3.63, 3.8) is 0 Å². The third kappa shape index (κ3) is 5.04. The number of benzene rings is 1. The number of nitrogens with one attached hydrogen (secondary N) is 1. The van der Waals surface area contributed by atoms with Crippen LogP contribution in [0.4, 0.5) is 0 Å². The summed E-state index contributed by atoms with van der Waals surface area (Å²) in [6.45, 7) is 3.37. The first-order valence-electron chi connectivity index (χ1n) is 9.97. The van der Waals surface area contributed by atoms with E-state index in [1.165, 1.54) is 12.8 Å². The second kappa shape index (κ2) is 9.91. The van der Waals surface area contributed by atoms with Gasteiger partial charge in [-0.1, -0.05) is 26.2 Å². The fourth-order valence-corrected chi connectivity index (χ4v) is 3.21. The fraction of sp³-hybridized carbons (Fsp3) is 0.409. The summed E-state index contributed by atoms with van der Waals surface area (Å²) in [5, 5.41) is 8.23. The quantitative estimate of drug-likeness (QED) is 0.527. The number of methoxy groups -OCH3 is 2. The van der Waals surface area contributed by atoms with Crippen molar-refractivity contribution in [1.29, 1.82) is 0 Å². The van der Waals surface area contributed by atoms with E-state index in [0.29, 0.717) is 18.7 Å². The molecule has 2 aromatic heterocycles. The maximum atomic E-state index is 12.4. The van der Waals surface area contributed by atoms with E-state index in [2.05, 4.69) is 22.3 Å². The molecular formula is C22H28N4O3. The molecule has 0 saturated carbocycles. The van der Waals surface area contributed by atoms with Gasteiger partial charge in [0.2, 0.25) is 0 Å². The Labute approximate surface area is 171 Å². The van der Waals surface area contributed by atoms with Crippen molar-refractivity contribution in [2.75, 3.05) is 20.8 Å². The Kier molecular flexibility index (Phi) is 7.05. The molecule has 7 nitrogen and oxygen atoms in total. The Morgan fingerprint density at radius 3 is 2.72 bits per heavy atom. The zero-order valence-electron chi connectivity index (χ0n) is 17.3. The van der Waals surface area contributed by atoms with Crippen LogP contribution in [0.5, 0.6) is 11.5 Å². The van der Waals surface area contributed by atoms with Crippen LogP contribution in [-0.2, 0) is 6.54 Å². The van der Waals surface area contributed by atoms with Gasteiger partial charge in [-0.25, -0.2) is 9.67 Å². The molecule has 154 valence electrons. The number of unbranched alkanes of at least 4 members (excludes halogenated alkanes) is 3. The molecule has 0 radical (unpaired) electrons. The third-order valence-electron chi connectivity index (χ3n) is 4.87. The summed E-state index contributed by atoms with van der Waals surface area (Å²) in [6.07, 6.45) is 7.85. The van der Waals surface area contributed by atoms with Gasteiger partial charge in [-0.05, 0) is 24.6 Å². The molecule has 1 N–H and O–H groups in total. The average Bonchev–Trinajstić information content (AvgIpc) is 3.15. The van der Waals surface area contributed by atoms with Gasteiger partial charge >= 0.3 is 0 Å². The van der Waals surface area contributed by atoms with Crippen molar-refractivity contribution in [3.8, 4) is 11.5 Å². The highest BCUT2D eigenvalue weighted by atomic mass is 16.5. The van der Waals surface area contributed by atoms with Gasteiger partial charge in [0.25, 0.3) is 5.91 Å².